The van der Waals surface area contributed by atoms with Crippen LogP contribution in [0.2, 0.25) is 0 Å². The SMILES string of the molecule is NCCCCCC(=O)Nc1cccc(N2CCCC2=O)c1. The summed E-state index contributed by atoms with van der Waals surface area (Å²) in [7, 11) is 0. The molecule has 21 heavy (non-hydrogen) atoms. The average molecular weight is 289 g/mol. The summed E-state index contributed by atoms with van der Waals surface area (Å²) in [6, 6.07) is 7.48. The normalized spacial score (nSPS) is 14.5. The molecule has 0 aromatic heterocycles. The number of anilines is 2. The van der Waals surface area contributed by atoms with E-state index < -0.39 is 0 Å². The Morgan fingerprint density at radius 3 is 2.86 bits per heavy atom. The molecular weight excluding hydrogens is 266 g/mol. The van der Waals surface area contributed by atoms with Crippen LogP contribution in [0.1, 0.15) is 38.5 Å². The number of carbonyl (C=O) groups is 2. The van der Waals surface area contributed by atoms with E-state index in [1.54, 1.807) is 4.90 Å². The summed E-state index contributed by atoms with van der Waals surface area (Å²) in [6.45, 7) is 1.43. The zero-order valence-corrected chi connectivity index (χ0v) is 12.3. The first kappa shape index (κ1) is 15.5. The Labute approximate surface area is 125 Å². The van der Waals surface area contributed by atoms with Crippen molar-refractivity contribution in [1.82, 2.24) is 0 Å². The molecule has 1 heterocycles. The molecular formula is C16H23N3O2. The maximum absolute atomic E-state index is 11.8. The molecule has 0 unspecified atom stereocenters. The van der Waals surface area contributed by atoms with Crippen LogP contribution in [0.3, 0.4) is 0 Å². The molecule has 1 aliphatic heterocycles. The van der Waals surface area contributed by atoms with Crippen molar-refractivity contribution in [3.05, 3.63) is 24.3 Å². The lowest BCUT2D eigenvalue weighted by molar-refractivity contribution is -0.117. The van der Waals surface area contributed by atoms with Gasteiger partial charge in [-0.1, -0.05) is 12.5 Å². The van der Waals surface area contributed by atoms with Crippen LogP contribution in [-0.4, -0.2) is 24.9 Å². The van der Waals surface area contributed by atoms with Crippen LogP contribution in [0.25, 0.3) is 0 Å². The number of carbonyl (C=O) groups excluding carboxylic acids is 2. The third-order valence-electron chi connectivity index (χ3n) is 3.62. The van der Waals surface area contributed by atoms with Crippen molar-refractivity contribution < 1.29 is 9.59 Å². The van der Waals surface area contributed by atoms with Crippen LogP contribution in [0.5, 0.6) is 0 Å². The highest BCUT2D eigenvalue weighted by molar-refractivity contribution is 5.97. The summed E-state index contributed by atoms with van der Waals surface area (Å²) >= 11 is 0. The van der Waals surface area contributed by atoms with E-state index in [9.17, 15) is 9.59 Å². The van der Waals surface area contributed by atoms with Gasteiger partial charge < -0.3 is 16.0 Å². The van der Waals surface area contributed by atoms with Crippen molar-refractivity contribution in [1.29, 1.82) is 0 Å². The summed E-state index contributed by atoms with van der Waals surface area (Å²) in [4.78, 5) is 25.4. The fraction of sp³-hybridized carbons (Fsp3) is 0.500. The average Bonchev–Trinajstić information content (AvgIpc) is 2.90. The largest absolute Gasteiger partial charge is 0.330 e. The molecule has 1 aliphatic rings. The van der Waals surface area contributed by atoms with Crippen molar-refractivity contribution >= 4 is 23.2 Å². The maximum atomic E-state index is 11.8. The van der Waals surface area contributed by atoms with Crippen LogP contribution in [0.4, 0.5) is 11.4 Å². The van der Waals surface area contributed by atoms with E-state index >= 15 is 0 Å². The van der Waals surface area contributed by atoms with Gasteiger partial charge in [-0.05, 0) is 44.0 Å². The summed E-state index contributed by atoms with van der Waals surface area (Å²) in [5.41, 5.74) is 7.03. The van der Waals surface area contributed by atoms with Gasteiger partial charge in [-0.3, -0.25) is 9.59 Å². The lowest BCUT2D eigenvalue weighted by Crippen LogP contribution is -2.23. The number of rotatable bonds is 7. The van der Waals surface area contributed by atoms with Gasteiger partial charge in [0.05, 0.1) is 0 Å². The minimum absolute atomic E-state index is 0.0110. The number of benzene rings is 1. The quantitative estimate of drug-likeness (QED) is 0.756. The van der Waals surface area contributed by atoms with Gasteiger partial charge in [0.2, 0.25) is 11.8 Å². The summed E-state index contributed by atoms with van der Waals surface area (Å²) in [5, 5.41) is 2.89. The number of unbranched alkanes of at least 4 members (excludes halogenated alkanes) is 2. The van der Waals surface area contributed by atoms with Gasteiger partial charge in [-0.15, -0.1) is 0 Å². The van der Waals surface area contributed by atoms with Gasteiger partial charge in [0, 0.05) is 30.8 Å². The van der Waals surface area contributed by atoms with Crippen LogP contribution < -0.4 is 16.0 Å². The predicted molar refractivity (Wildman–Crippen MR) is 84.2 cm³/mol. The fourth-order valence-electron chi connectivity index (χ4n) is 2.50. The van der Waals surface area contributed by atoms with Gasteiger partial charge in [0.25, 0.3) is 0 Å². The molecule has 114 valence electrons. The van der Waals surface area contributed by atoms with Gasteiger partial charge in [0.1, 0.15) is 0 Å². The van der Waals surface area contributed by atoms with Gasteiger partial charge in [-0.2, -0.15) is 0 Å². The van der Waals surface area contributed by atoms with Crippen molar-refractivity contribution in [3.63, 3.8) is 0 Å². The van der Waals surface area contributed by atoms with Gasteiger partial charge in [0.15, 0.2) is 0 Å². The maximum Gasteiger partial charge on any atom is 0.227 e. The van der Waals surface area contributed by atoms with Crippen molar-refractivity contribution in [2.24, 2.45) is 5.73 Å². The molecule has 0 saturated carbocycles. The van der Waals surface area contributed by atoms with E-state index in [2.05, 4.69) is 5.32 Å². The Morgan fingerprint density at radius 2 is 2.14 bits per heavy atom. The monoisotopic (exact) mass is 289 g/mol. The van der Waals surface area contributed by atoms with Crippen molar-refractivity contribution in [2.75, 3.05) is 23.3 Å². The van der Waals surface area contributed by atoms with E-state index in [0.29, 0.717) is 19.4 Å². The molecule has 2 rings (SSSR count). The zero-order chi connectivity index (χ0) is 15.1. The molecule has 5 nitrogen and oxygen atoms in total. The number of nitrogens with zero attached hydrogens (tertiary/aromatic N) is 1. The topological polar surface area (TPSA) is 75.4 Å². The molecule has 0 atom stereocenters. The van der Waals surface area contributed by atoms with Crippen LogP contribution >= 0.6 is 0 Å². The number of hydrogen-bond acceptors (Lipinski definition) is 3. The molecule has 2 amide bonds. The van der Waals surface area contributed by atoms with Crippen LogP contribution in [0, 0.1) is 0 Å². The van der Waals surface area contributed by atoms with Crippen LogP contribution in [0.15, 0.2) is 24.3 Å². The standard InChI is InChI=1S/C16H23N3O2/c17-10-3-1-2-8-15(20)18-13-6-4-7-14(12-13)19-11-5-9-16(19)21/h4,6-7,12H,1-3,5,8-11,17H2,(H,18,20). The lowest BCUT2D eigenvalue weighted by Gasteiger charge is -2.16. The Kier molecular flexibility index (Phi) is 5.75. The number of amides is 2. The van der Waals surface area contributed by atoms with Gasteiger partial charge >= 0.3 is 0 Å². The smallest absolute Gasteiger partial charge is 0.227 e. The highest BCUT2D eigenvalue weighted by Crippen LogP contribution is 2.24. The molecule has 0 spiro atoms. The predicted octanol–water partition coefficient (Wildman–Crippen LogP) is 2.27. The first-order chi connectivity index (χ1) is 10.2. The molecule has 0 bridgehead atoms. The van der Waals surface area contributed by atoms with Crippen molar-refractivity contribution in [2.45, 2.75) is 38.5 Å². The van der Waals surface area contributed by atoms with E-state index in [0.717, 1.165) is 43.6 Å². The second kappa shape index (κ2) is 7.78. The molecule has 0 radical (unpaired) electrons. The number of hydrogen-bond donors (Lipinski definition) is 2. The first-order valence-corrected chi connectivity index (χ1v) is 7.61. The van der Waals surface area contributed by atoms with E-state index in [1.165, 1.54) is 0 Å². The Bertz CT molecular complexity index is 502. The zero-order valence-electron chi connectivity index (χ0n) is 12.3. The highest BCUT2D eigenvalue weighted by atomic mass is 16.2. The lowest BCUT2D eigenvalue weighted by atomic mass is 10.2. The van der Waals surface area contributed by atoms with Crippen molar-refractivity contribution in [3.8, 4) is 0 Å². The number of nitrogens with two attached hydrogens (primary N) is 1. The highest BCUT2D eigenvalue weighted by Gasteiger charge is 2.21. The van der Waals surface area contributed by atoms with E-state index in [-0.39, 0.29) is 11.8 Å². The third-order valence-corrected chi connectivity index (χ3v) is 3.62. The molecule has 3 N–H and O–H groups in total. The Balaban J connectivity index is 1.89. The first-order valence-electron chi connectivity index (χ1n) is 7.61. The molecule has 5 heteroatoms. The fourth-order valence-corrected chi connectivity index (χ4v) is 2.50. The number of nitrogens with one attached hydrogen (secondary N) is 1. The minimum atomic E-state index is 0.0110. The molecule has 0 aliphatic carbocycles. The summed E-state index contributed by atoms with van der Waals surface area (Å²) in [5.74, 6) is 0.164. The van der Waals surface area contributed by atoms with E-state index in [4.69, 9.17) is 5.73 Å². The molecule has 1 aromatic rings. The molecule has 1 aromatic carbocycles. The van der Waals surface area contributed by atoms with Gasteiger partial charge in [-0.25, -0.2) is 0 Å². The second-order valence-electron chi connectivity index (χ2n) is 5.35. The minimum Gasteiger partial charge on any atom is -0.330 e. The summed E-state index contributed by atoms with van der Waals surface area (Å²) in [6.07, 6.45) is 4.81. The second-order valence-corrected chi connectivity index (χ2v) is 5.35. The third kappa shape index (κ3) is 4.56. The van der Waals surface area contributed by atoms with E-state index in [1.807, 2.05) is 24.3 Å². The molecule has 1 fully saturated rings. The van der Waals surface area contributed by atoms with Crippen LogP contribution in [-0.2, 0) is 9.59 Å². The summed E-state index contributed by atoms with van der Waals surface area (Å²) < 4.78 is 0. The Morgan fingerprint density at radius 1 is 1.29 bits per heavy atom. The Hall–Kier alpha value is -1.88. The molecule has 1 saturated heterocycles.